The topological polar surface area (TPSA) is 322 Å². The van der Waals surface area contributed by atoms with Gasteiger partial charge in [0.05, 0.1) is 91.2 Å². The molecule has 1 spiro atoms. The number of ketones is 2. The summed E-state index contributed by atoms with van der Waals surface area (Å²) in [5, 5.41) is 26.7. The third-order valence-corrected chi connectivity index (χ3v) is 28.7. The molecule has 28 heteroatoms. The predicted molar refractivity (Wildman–Crippen MR) is 501 cm³/mol. The number of carbonyl (C=O) groups excluding carboxylic acids is 6. The molecule has 0 saturated carbocycles. The molecule has 3 aliphatic carbocycles. The van der Waals surface area contributed by atoms with Crippen LogP contribution in [-0.4, -0.2) is 94.2 Å². The lowest BCUT2D eigenvalue weighted by atomic mass is 9.71. The van der Waals surface area contributed by atoms with Gasteiger partial charge in [0, 0.05) is 124 Å². The van der Waals surface area contributed by atoms with Crippen molar-refractivity contribution < 1.29 is 86.0 Å². The van der Waals surface area contributed by atoms with E-state index >= 15 is 0 Å². The summed E-state index contributed by atoms with van der Waals surface area (Å²) >= 11 is 3.06. The van der Waals surface area contributed by atoms with E-state index in [-0.39, 0.29) is 128 Å². The highest BCUT2D eigenvalue weighted by Crippen LogP contribution is 2.60. The minimum absolute atomic E-state index is 0.0269. The maximum Gasteiger partial charge on any atom is 0.414 e. The largest absolute Gasteiger partial charge is 0.493 e. The van der Waals surface area contributed by atoms with Gasteiger partial charge in [0.15, 0.2) is 51.0 Å². The molecule has 133 heavy (non-hydrogen) atoms. The van der Waals surface area contributed by atoms with Crippen LogP contribution in [0.2, 0.25) is 0 Å². The maximum absolute atomic E-state index is 14.6. The highest BCUT2D eigenvalue weighted by atomic mass is 32.1. The SMILES string of the molecule is COC(=O)c1cc(C(=O)Cc2ccc3sc4ccccc4c(=O)c3c2)ccc1C1c2cc3c(cc2OC2=CC4=CCCCC4=CC21)CCCC3.COc1cc(COC(=O)N2CCCc3cc4c(cc32)Oc2cc3c(cc2C42OC(=O)c4cc(C(=O)Cc5ccc6sc7ccccc7c(=O)c6c5)ccc42)CCCN3C(=O)OCc2cc(OC)c(OC)cc2[N+](=O)[O-])c([N+](=O)[O-])cc1OC. The van der Waals surface area contributed by atoms with Gasteiger partial charge in [-0.1, -0.05) is 78.9 Å². The molecule has 21 rings (SSSR count). The Labute approximate surface area is 768 Å². The minimum Gasteiger partial charge on any atom is -0.493 e. The van der Waals surface area contributed by atoms with Gasteiger partial charge in [-0.15, -0.1) is 22.7 Å². The average molecular weight is 1820 g/mol. The van der Waals surface area contributed by atoms with Crippen LogP contribution < -0.4 is 49.1 Å². The van der Waals surface area contributed by atoms with Gasteiger partial charge in [0.2, 0.25) is 0 Å². The van der Waals surface area contributed by atoms with E-state index in [2.05, 4.69) is 30.4 Å². The molecule has 0 radical (unpaired) electrons. The smallest absolute Gasteiger partial charge is 0.414 e. The number of esters is 2. The van der Waals surface area contributed by atoms with Gasteiger partial charge in [0.1, 0.15) is 36.2 Å². The van der Waals surface area contributed by atoms with Gasteiger partial charge in [-0.2, -0.15) is 0 Å². The summed E-state index contributed by atoms with van der Waals surface area (Å²) in [6.45, 7) is -0.596. The van der Waals surface area contributed by atoms with Crippen LogP contribution in [0.5, 0.6) is 40.2 Å². The van der Waals surface area contributed by atoms with Crippen LogP contribution in [0.15, 0.2) is 227 Å². The Hall–Kier alpha value is -15.2. The molecule has 0 N–H and O–H groups in total. The number of benzene rings is 11. The van der Waals surface area contributed by atoms with Crippen LogP contribution in [0, 0.1) is 26.1 Å². The van der Waals surface area contributed by atoms with Gasteiger partial charge in [-0.3, -0.25) is 49.2 Å². The molecule has 13 aromatic rings. The number of anilines is 2. The fourth-order valence-electron chi connectivity index (χ4n) is 19.9. The first kappa shape index (κ1) is 85.9. The number of hydrogen-bond acceptors (Lipinski definition) is 24. The summed E-state index contributed by atoms with van der Waals surface area (Å²) in [6.07, 6.45) is 14.8. The van der Waals surface area contributed by atoms with Crippen LogP contribution in [0.4, 0.5) is 32.3 Å². The molecule has 8 aliphatic rings. The van der Waals surface area contributed by atoms with Crippen LogP contribution in [0.3, 0.4) is 0 Å². The van der Waals surface area contributed by atoms with Gasteiger partial charge in [0.25, 0.3) is 11.4 Å². The molecule has 26 nitrogen and oxygen atoms in total. The molecule has 5 aliphatic heterocycles. The number of nitrogens with zero attached hydrogens (tertiary/aromatic N) is 4. The number of Topliss-reactive ketones (excluding diaryl/α,β-unsaturated/α-hetero) is 2. The van der Waals surface area contributed by atoms with Crippen molar-refractivity contribution in [3.05, 3.63) is 352 Å². The summed E-state index contributed by atoms with van der Waals surface area (Å²) in [5.74, 6) is 0.797. The third-order valence-electron chi connectivity index (χ3n) is 26.4. The Morgan fingerprint density at radius 2 is 1.00 bits per heavy atom. The van der Waals surface area contributed by atoms with Gasteiger partial charge < -0.3 is 47.4 Å². The number of methoxy groups -OCH3 is 5. The minimum atomic E-state index is -1.71. The van der Waals surface area contributed by atoms with Crippen molar-refractivity contribution >= 4 is 121 Å². The van der Waals surface area contributed by atoms with E-state index in [0.717, 1.165) is 79.1 Å². The summed E-state index contributed by atoms with van der Waals surface area (Å²) in [5.41, 5.74) is 10.6. The van der Waals surface area contributed by atoms with E-state index in [4.69, 9.17) is 47.4 Å². The van der Waals surface area contributed by atoms with Crippen LogP contribution in [-0.2, 0) is 76.3 Å². The summed E-state index contributed by atoms with van der Waals surface area (Å²) < 4.78 is 61.8. The molecule has 7 heterocycles. The van der Waals surface area contributed by atoms with Crippen molar-refractivity contribution in [2.75, 3.05) is 58.4 Å². The first-order valence-corrected chi connectivity index (χ1v) is 45.4. The molecule has 2 aromatic heterocycles. The Kier molecular flexibility index (Phi) is 22.6. The lowest BCUT2D eigenvalue weighted by Gasteiger charge is -2.40. The molecule has 0 bridgehead atoms. The zero-order valence-corrected chi connectivity index (χ0v) is 74.4. The van der Waals surface area contributed by atoms with E-state index in [1.54, 1.807) is 53.8 Å². The van der Waals surface area contributed by atoms with Crippen molar-refractivity contribution in [3.8, 4) is 40.2 Å². The van der Waals surface area contributed by atoms with E-state index in [1.807, 2.05) is 97.1 Å². The van der Waals surface area contributed by atoms with Crippen molar-refractivity contribution in [2.45, 2.75) is 108 Å². The maximum atomic E-state index is 14.6. The molecule has 668 valence electrons. The van der Waals surface area contributed by atoms with Crippen LogP contribution in [0.25, 0.3) is 40.3 Å². The normalized spacial score (nSPS) is 16.1. The first-order chi connectivity index (χ1) is 64.6. The Morgan fingerprint density at radius 3 is 1.54 bits per heavy atom. The summed E-state index contributed by atoms with van der Waals surface area (Å²) in [4.78, 5) is 137. The second-order valence-corrected chi connectivity index (χ2v) is 36.1. The number of ether oxygens (including phenoxy) is 10. The molecule has 2 atom stereocenters. The zero-order chi connectivity index (χ0) is 91.9. The highest BCUT2D eigenvalue weighted by Gasteiger charge is 2.55. The second kappa shape index (κ2) is 34.9. The van der Waals surface area contributed by atoms with Gasteiger partial charge in [-0.05, 0) is 218 Å². The molecular formula is C105H84N4O22S2. The molecule has 2 unspecified atom stereocenters. The Morgan fingerprint density at radius 1 is 0.489 bits per heavy atom. The number of nitro benzene ring substituents is 2. The standard InChI is InChI=1S/C61H48N4O17S.C44H36O5S/c1-75-51-24-36(46(64(71)72)28-53(51)77-3)30-79-59(69)62-17-7-9-33-22-42-49(26-44(33)62)81-50-27-45-34(10-8-18-63(45)60(70)80-31-37-25-52(76-2)54(78-4)29-47(37)65(73)74)23-43(50)61(42)41-15-14-35(21-39(41)58(68)82-61)48(66)20-32-13-16-56-40(19-32)57(67)38-11-5-6-12-55(38)83-56;1-48-44(47)33-22-30(37(45)19-25-14-17-41-36(18-25)43(46)32-12-6-7-13-40(32)50-41)15-16-31(33)42-34-20-26-8-2-4-10-28(26)23-38(34)49-39-24-29-11-5-3-9-27(29)21-35(39)42/h5-6,11-16,19,21-29H,7-10,17-18,20,30-31H2,1-4H3;6-7,10,12-18,20-24,34,42H,2-5,8-9,11,19H2,1H3. The second-order valence-electron chi connectivity index (χ2n) is 34.0. The first-order valence-electron chi connectivity index (χ1n) is 43.8. The van der Waals surface area contributed by atoms with E-state index in [0.29, 0.717) is 103 Å². The monoisotopic (exact) mass is 1820 g/mol. The van der Waals surface area contributed by atoms with Crippen molar-refractivity contribution in [1.82, 2.24) is 0 Å². The molecule has 11 aromatic carbocycles. The number of hydrogen-bond donors (Lipinski definition) is 0. The average Bonchev–Trinajstić information content (AvgIpc) is 1.57. The lowest BCUT2D eigenvalue weighted by molar-refractivity contribution is -0.386. The number of allylic oxidation sites excluding steroid dienone is 5. The number of aryl methyl sites for hydroxylation is 4. The fraction of sp³-hybridized carbons (Fsp3) is 0.238. The molecular weight excluding hydrogens is 1730 g/mol. The highest BCUT2D eigenvalue weighted by molar-refractivity contribution is 7.25. The number of carbonyl (C=O) groups is 6. The van der Waals surface area contributed by atoms with Crippen molar-refractivity contribution in [3.63, 3.8) is 0 Å². The van der Waals surface area contributed by atoms with Crippen LogP contribution >= 0.6 is 22.7 Å². The Balaban J connectivity index is 0.000000187. The summed E-state index contributed by atoms with van der Waals surface area (Å²) in [7, 11) is 6.83. The molecule has 0 saturated heterocycles. The third kappa shape index (κ3) is 15.4. The predicted octanol–water partition coefficient (Wildman–Crippen LogP) is 21.0. The van der Waals surface area contributed by atoms with Crippen molar-refractivity contribution in [2.24, 2.45) is 5.92 Å². The van der Waals surface area contributed by atoms with Crippen LogP contribution in [0.1, 0.15) is 165 Å². The summed E-state index contributed by atoms with van der Waals surface area (Å²) in [6, 6.07) is 52.9. The van der Waals surface area contributed by atoms with Gasteiger partial charge >= 0.3 is 24.1 Å². The number of rotatable bonds is 18. The fourth-order valence-corrected chi connectivity index (χ4v) is 22.0. The zero-order valence-electron chi connectivity index (χ0n) is 72.8. The van der Waals surface area contributed by atoms with E-state index in [9.17, 15) is 58.6 Å². The molecule has 2 amide bonds. The molecule has 0 fully saturated rings. The number of amides is 2. The number of nitro groups is 2. The van der Waals surface area contributed by atoms with E-state index in [1.165, 1.54) is 122 Å². The van der Waals surface area contributed by atoms with Crippen molar-refractivity contribution in [1.29, 1.82) is 0 Å². The van der Waals surface area contributed by atoms with Gasteiger partial charge in [-0.25, -0.2) is 19.2 Å². The number of fused-ring (bicyclic) bond motifs is 16. The lowest BCUT2D eigenvalue weighted by Crippen LogP contribution is -2.38. The van der Waals surface area contributed by atoms with E-state index < -0.39 is 52.8 Å². The quantitative estimate of drug-likeness (QED) is 0.0192. The Bertz CT molecular complexity index is 7310.